The largest absolute Gasteiger partial charge is 0.501 e. The van der Waals surface area contributed by atoms with E-state index in [1.807, 2.05) is 0 Å². The molecule has 0 saturated heterocycles. The van der Waals surface area contributed by atoms with Crippen molar-refractivity contribution in [2.45, 2.75) is 0 Å². The molecule has 0 heterocycles. The second-order valence-electron chi connectivity index (χ2n) is 3.17. The number of hydrogen-bond donors (Lipinski definition) is 1. The second-order valence-corrected chi connectivity index (χ2v) is 3.17. The molecule has 0 radical (unpaired) electrons. The fourth-order valence-electron chi connectivity index (χ4n) is 1.55. The van der Waals surface area contributed by atoms with Crippen LogP contribution in [0.1, 0.15) is 0 Å². The van der Waals surface area contributed by atoms with Gasteiger partial charge in [-0.25, -0.2) is 0 Å². The zero-order chi connectivity index (χ0) is 11.7. The molecule has 0 bridgehead atoms. The molecule has 2 aromatic rings. The summed E-state index contributed by atoms with van der Waals surface area (Å²) in [5.74, 6) is -0.274. The monoisotopic (exact) mass is 216 g/mol. The Balaban J connectivity index is 2.97. The van der Waals surface area contributed by atoms with Gasteiger partial charge < -0.3 is 5.11 Å². The molecule has 0 aliphatic carbocycles. The Hall–Kier alpha value is -2.68. The SMILES string of the molecule is N#[N+]c1cc([N+](=O)[O-])c2ccccc2c1O. The molecule has 1 N–H and O–H groups in total. The zero-order valence-electron chi connectivity index (χ0n) is 7.99. The number of rotatable bonds is 1. The number of fused-ring (bicyclic) bond motifs is 1. The highest BCUT2D eigenvalue weighted by molar-refractivity contribution is 5.99. The van der Waals surface area contributed by atoms with Gasteiger partial charge in [-0.15, -0.1) is 0 Å². The van der Waals surface area contributed by atoms with Crippen molar-refractivity contribution in [1.29, 1.82) is 5.39 Å². The van der Waals surface area contributed by atoms with Gasteiger partial charge >= 0.3 is 5.69 Å². The molecule has 0 atom stereocenters. The van der Waals surface area contributed by atoms with Crippen molar-refractivity contribution in [1.82, 2.24) is 0 Å². The maximum atomic E-state index is 10.8. The molecule has 0 aliphatic heterocycles. The number of aromatic hydroxyl groups is 1. The molecule has 6 heteroatoms. The van der Waals surface area contributed by atoms with Crippen LogP contribution in [0.2, 0.25) is 0 Å². The number of nitro benzene ring substituents is 1. The lowest BCUT2D eigenvalue weighted by molar-refractivity contribution is -0.383. The lowest BCUT2D eigenvalue weighted by atomic mass is 10.1. The van der Waals surface area contributed by atoms with Gasteiger partial charge in [-0.05, 0) is 6.07 Å². The van der Waals surface area contributed by atoms with Crippen molar-refractivity contribution in [2.75, 3.05) is 0 Å². The highest BCUT2D eigenvalue weighted by Crippen LogP contribution is 2.40. The number of non-ortho nitro benzene ring substituents is 1. The molecule has 2 aromatic carbocycles. The van der Waals surface area contributed by atoms with Gasteiger partial charge in [0.1, 0.15) is 6.07 Å². The molecule has 0 aromatic heterocycles. The lowest BCUT2D eigenvalue weighted by Crippen LogP contribution is -1.89. The highest BCUT2D eigenvalue weighted by atomic mass is 16.6. The first-order chi connectivity index (χ1) is 7.65. The summed E-state index contributed by atoms with van der Waals surface area (Å²) in [6.45, 7) is 0. The number of phenolic OH excluding ortho intramolecular Hbond substituents is 1. The minimum Gasteiger partial charge on any atom is -0.501 e. The van der Waals surface area contributed by atoms with Crippen LogP contribution in [0.4, 0.5) is 11.4 Å². The summed E-state index contributed by atoms with van der Waals surface area (Å²) in [5.41, 5.74) is -0.424. The second kappa shape index (κ2) is 3.47. The van der Waals surface area contributed by atoms with Crippen LogP contribution < -0.4 is 0 Å². The van der Waals surface area contributed by atoms with Gasteiger partial charge in [0.25, 0.3) is 5.69 Å². The molecular weight excluding hydrogens is 210 g/mol. The average Bonchev–Trinajstić information content (AvgIpc) is 2.29. The third kappa shape index (κ3) is 1.31. The first-order valence-electron chi connectivity index (χ1n) is 4.39. The minimum atomic E-state index is -0.587. The summed E-state index contributed by atoms with van der Waals surface area (Å²) < 4.78 is 0. The van der Waals surface area contributed by atoms with E-state index in [9.17, 15) is 15.2 Å². The molecule has 0 aliphatic rings. The van der Waals surface area contributed by atoms with Crippen LogP contribution in [-0.4, -0.2) is 10.0 Å². The van der Waals surface area contributed by atoms with Gasteiger partial charge in [0.2, 0.25) is 11.1 Å². The summed E-state index contributed by atoms with van der Waals surface area (Å²) in [5, 5.41) is 29.7. The van der Waals surface area contributed by atoms with Crippen LogP contribution in [-0.2, 0) is 0 Å². The van der Waals surface area contributed by atoms with E-state index in [2.05, 4.69) is 4.98 Å². The van der Waals surface area contributed by atoms with Crippen LogP contribution in [0.15, 0.2) is 30.3 Å². The predicted octanol–water partition coefficient (Wildman–Crippen LogP) is 2.94. The molecule has 0 amide bonds. The summed E-state index contributed by atoms with van der Waals surface area (Å²) in [7, 11) is 0. The molecular formula is C10H6N3O3+. The highest BCUT2D eigenvalue weighted by Gasteiger charge is 2.25. The normalized spacial score (nSPS) is 9.94. The summed E-state index contributed by atoms with van der Waals surface area (Å²) in [6, 6.07) is 7.33. The van der Waals surface area contributed by atoms with E-state index in [0.29, 0.717) is 5.39 Å². The Bertz CT molecular complexity index is 631. The van der Waals surface area contributed by atoms with Crippen molar-refractivity contribution in [3.05, 3.63) is 45.4 Å². The maximum absolute atomic E-state index is 10.8. The van der Waals surface area contributed by atoms with Gasteiger partial charge in [0, 0.05) is 5.39 Å². The van der Waals surface area contributed by atoms with Crippen molar-refractivity contribution in [3.8, 4) is 5.75 Å². The molecule has 0 fully saturated rings. The van der Waals surface area contributed by atoms with E-state index in [-0.39, 0.29) is 22.5 Å². The Labute approximate surface area is 89.5 Å². The molecule has 0 unspecified atom stereocenters. The van der Waals surface area contributed by atoms with E-state index in [1.165, 1.54) is 12.1 Å². The van der Waals surface area contributed by atoms with Crippen molar-refractivity contribution >= 4 is 22.1 Å². The fraction of sp³-hybridized carbons (Fsp3) is 0. The smallest absolute Gasteiger partial charge is 0.433 e. The van der Waals surface area contributed by atoms with E-state index < -0.39 is 4.92 Å². The first kappa shape index (κ1) is 9.86. The quantitative estimate of drug-likeness (QED) is 0.450. The third-order valence-electron chi connectivity index (χ3n) is 2.28. The topological polar surface area (TPSA) is 91.5 Å². The predicted molar refractivity (Wildman–Crippen MR) is 57.0 cm³/mol. The summed E-state index contributed by atoms with van der Waals surface area (Å²) >= 11 is 0. The number of hydrogen-bond acceptors (Lipinski definition) is 4. The van der Waals surface area contributed by atoms with E-state index in [0.717, 1.165) is 6.07 Å². The summed E-state index contributed by atoms with van der Waals surface area (Å²) in [6.07, 6.45) is 0. The van der Waals surface area contributed by atoms with Crippen LogP contribution in [0.25, 0.3) is 15.7 Å². The third-order valence-corrected chi connectivity index (χ3v) is 2.28. The Morgan fingerprint density at radius 2 is 1.94 bits per heavy atom. The number of diazo groups is 1. The van der Waals surface area contributed by atoms with Gasteiger partial charge in [-0.3, -0.25) is 10.1 Å². The number of benzene rings is 2. The number of nitro groups is 1. The Morgan fingerprint density at radius 1 is 1.31 bits per heavy atom. The van der Waals surface area contributed by atoms with Crippen molar-refractivity contribution in [2.24, 2.45) is 0 Å². The van der Waals surface area contributed by atoms with Gasteiger partial charge in [0.05, 0.1) is 10.3 Å². The fourth-order valence-corrected chi connectivity index (χ4v) is 1.55. The van der Waals surface area contributed by atoms with Crippen LogP contribution in [0, 0.1) is 15.5 Å². The lowest BCUT2D eigenvalue weighted by Gasteiger charge is -1.99. The van der Waals surface area contributed by atoms with Gasteiger partial charge in [-0.2, -0.15) is 0 Å². The van der Waals surface area contributed by atoms with Crippen LogP contribution >= 0.6 is 0 Å². The number of phenols is 1. The first-order valence-corrected chi connectivity index (χ1v) is 4.39. The van der Waals surface area contributed by atoms with E-state index in [1.54, 1.807) is 12.1 Å². The number of nitrogens with zero attached hydrogens (tertiary/aromatic N) is 3. The van der Waals surface area contributed by atoms with Crippen molar-refractivity contribution < 1.29 is 10.0 Å². The molecule has 6 nitrogen and oxygen atoms in total. The van der Waals surface area contributed by atoms with Gasteiger partial charge in [-0.1, -0.05) is 18.2 Å². The standard InChI is InChI=1S/C10H5N3O3/c11-12-8-5-9(13(15)16)6-3-1-2-4-7(6)10(8)14/h1-5H/p+1. The molecule has 78 valence electrons. The maximum Gasteiger partial charge on any atom is 0.433 e. The summed E-state index contributed by atoms with van der Waals surface area (Å²) in [4.78, 5) is 13.0. The van der Waals surface area contributed by atoms with Gasteiger partial charge in [0.15, 0.2) is 4.98 Å². The van der Waals surface area contributed by atoms with Crippen molar-refractivity contribution in [3.63, 3.8) is 0 Å². The average molecular weight is 216 g/mol. The Kier molecular flexibility index (Phi) is 2.14. The molecule has 0 spiro atoms. The minimum absolute atomic E-state index is 0.207. The zero-order valence-corrected chi connectivity index (χ0v) is 7.99. The Morgan fingerprint density at radius 3 is 2.50 bits per heavy atom. The van der Waals surface area contributed by atoms with Crippen LogP contribution in [0.3, 0.4) is 0 Å². The molecule has 0 saturated carbocycles. The van der Waals surface area contributed by atoms with E-state index >= 15 is 0 Å². The molecule has 2 rings (SSSR count). The van der Waals surface area contributed by atoms with Crippen LogP contribution in [0.5, 0.6) is 5.75 Å². The molecule has 16 heavy (non-hydrogen) atoms. The van der Waals surface area contributed by atoms with E-state index in [4.69, 9.17) is 5.39 Å².